The van der Waals surface area contributed by atoms with Gasteiger partial charge in [-0.15, -0.1) is 24.0 Å². The predicted octanol–water partition coefficient (Wildman–Crippen LogP) is 2.64. The summed E-state index contributed by atoms with van der Waals surface area (Å²) in [6, 6.07) is 6.23. The summed E-state index contributed by atoms with van der Waals surface area (Å²) in [6.45, 7) is 8.99. The quantitative estimate of drug-likeness (QED) is 0.248. The minimum Gasteiger partial charge on any atom is -0.491 e. The number of halogens is 1. The Hall–Kier alpha value is -1.06. The summed E-state index contributed by atoms with van der Waals surface area (Å²) >= 11 is 0. The van der Waals surface area contributed by atoms with Crippen molar-refractivity contribution in [2.45, 2.75) is 32.9 Å². The summed E-state index contributed by atoms with van der Waals surface area (Å²) in [4.78, 5) is 6.49. The van der Waals surface area contributed by atoms with E-state index in [-0.39, 0.29) is 29.5 Å². The van der Waals surface area contributed by atoms with Crippen LogP contribution in [0.4, 0.5) is 0 Å². The Morgan fingerprint density at radius 2 is 1.88 bits per heavy atom. The number of nitrogens with zero attached hydrogens (tertiary/aromatic N) is 2. The van der Waals surface area contributed by atoms with Gasteiger partial charge in [0.2, 0.25) is 0 Å². The van der Waals surface area contributed by atoms with Crippen LogP contribution in [-0.4, -0.2) is 64.4 Å². The molecule has 0 aliphatic rings. The Morgan fingerprint density at radius 3 is 2.46 bits per heavy atom. The van der Waals surface area contributed by atoms with Crippen LogP contribution < -0.4 is 15.4 Å². The first kappa shape index (κ1) is 24.9. The van der Waals surface area contributed by atoms with Crippen molar-refractivity contribution in [3.05, 3.63) is 29.3 Å². The normalized spacial score (nSPS) is 11.9. The largest absolute Gasteiger partial charge is 0.491 e. The molecule has 0 atom stereocenters. The number of rotatable bonds is 9. The molecule has 7 heteroatoms. The predicted molar refractivity (Wildman–Crippen MR) is 120 cm³/mol. The number of benzene rings is 1. The first-order valence-electron chi connectivity index (χ1n) is 8.63. The molecule has 0 radical (unpaired) electrons. The molecule has 0 heterocycles. The third-order valence-corrected chi connectivity index (χ3v) is 4.34. The second-order valence-electron chi connectivity index (χ2n) is 6.94. The number of likely N-dealkylation sites (N-methyl/N-ethyl adjacent to an activating group) is 1. The average Bonchev–Trinajstić information content (AvgIpc) is 2.56. The fourth-order valence-corrected chi connectivity index (χ4v) is 2.03. The molecule has 0 bridgehead atoms. The van der Waals surface area contributed by atoms with Crippen LogP contribution in [0.15, 0.2) is 23.2 Å². The number of hydrogen-bond acceptors (Lipinski definition) is 4. The molecule has 0 aliphatic carbocycles. The summed E-state index contributed by atoms with van der Waals surface area (Å²) in [5.41, 5.74) is 2.30. The van der Waals surface area contributed by atoms with Crippen LogP contribution >= 0.6 is 24.0 Å². The SMILES string of the molecule is CN=C(NCc1ccc(C)cc1OCCOC)NCC(C)(C)N(C)C.I. The van der Waals surface area contributed by atoms with Gasteiger partial charge < -0.3 is 25.0 Å². The first-order valence-corrected chi connectivity index (χ1v) is 8.63. The van der Waals surface area contributed by atoms with E-state index in [9.17, 15) is 0 Å². The van der Waals surface area contributed by atoms with Crippen molar-refractivity contribution in [2.75, 3.05) is 48.0 Å². The molecule has 0 aromatic heterocycles. The van der Waals surface area contributed by atoms with Crippen LogP contribution in [0.5, 0.6) is 5.75 Å². The molecule has 1 rings (SSSR count). The van der Waals surface area contributed by atoms with Gasteiger partial charge in [-0.1, -0.05) is 12.1 Å². The molecule has 0 amide bonds. The zero-order chi connectivity index (χ0) is 18.9. The summed E-state index contributed by atoms with van der Waals surface area (Å²) in [5.74, 6) is 1.66. The zero-order valence-electron chi connectivity index (χ0n) is 17.2. The fraction of sp³-hybridized carbons (Fsp3) is 0.632. The third kappa shape index (κ3) is 8.55. The third-order valence-electron chi connectivity index (χ3n) is 4.34. The van der Waals surface area contributed by atoms with Crippen LogP contribution in [0.1, 0.15) is 25.0 Å². The minimum absolute atomic E-state index is 0. The monoisotopic (exact) mass is 478 g/mol. The van der Waals surface area contributed by atoms with Crippen molar-refractivity contribution in [1.82, 2.24) is 15.5 Å². The van der Waals surface area contributed by atoms with Gasteiger partial charge in [-0.3, -0.25) is 4.99 Å². The number of guanidine groups is 1. The van der Waals surface area contributed by atoms with Gasteiger partial charge in [0.25, 0.3) is 0 Å². The van der Waals surface area contributed by atoms with Gasteiger partial charge in [-0.05, 0) is 46.5 Å². The van der Waals surface area contributed by atoms with E-state index in [0.717, 1.165) is 23.8 Å². The van der Waals surface area contributed by atoms with Gasteiger partial charge in [0.05, 0.1) is 6.61 Å². The van der Waals surface area contributed by atoms with E-state index in [2.05, 4.69) is 73.6 Å². The number of aryl methyl sites for hydroxylation is 1. The summed E-state index contributed by atoms with van der Waals surface area (Å²) in [5, 5.41) is 6.74. The molecule has 1 aromatic carbocycles. The molecule has 0 unspecified atom stereocenters. The smallest absolute Gasteiger partial charge is 0.191 e. The van der Waals surface area contributed by atoms with Crippen LogP contribution in [0, 0.1) is 6.92 Å². The number of nitrogens with one attached hydrogen (secondary N) is 2. The Kier molecular flexibility index (Phi) is 11.8. The van der Waals surface area contributed by atoms with Crippen molar-refractivity contribution in [1.29, 1.82) is 0 Å². The summed E-state index contributed by atoms with van der Waals surface area (Å²) in [6.07, 6.45) is 0. The van der Waals surface area contributed by atoms with E-state index in [0.29, 0.717) is 19.8 Å². The van der Waals surface area contributed by atoms with Crippen LogP contribution in [-0.2, 0) is 11.3 Å². The standard InChI is InChI=1S/C19H34N4O2.HI/c1-15-8-9-16(17(12-15)25-11-10-24-7)13-21-18(20-4)22-14-19(2,3)23(5)6;/h8-9,12H,10-11,13-14H2,1-7H3,(H2,20,21,22);1H. The molecule has 26 heavy (non-hydrogen) atoms. The Morgan fingerprint density at radius 1 is 1.19 bits per heavy atom. The zero-order valence-corrected chi connectivity index (χ0v) is 19.5. The molecular weight excluding hydrogens is 443 g/mol. The molecule has 0 fully saturated rings. The first-order chi connectivity index (χ1) is 11.8. The molecule has 0 saturated carbocycles. The second-order valence-corrected chi connectivity index (χ2v) is 6.94. The van der Waals surface area contributed by atoms with E-state index >= 15 is 0 Å². The number of methoxy groups -OCH3 is 1. The Bertz CT molecular complexity index is 562. The van der Waals surface area contributed by atoms with Crippen molar-refractivity contribution in [3.63, 3.8) is 0 Å². The maximum absolute atomic E-state index is 5.84. The highest BCUT2D eigenvalue weighted by Gasteiger charge is 2.20. The van der Waals surface area contributed by atoms with Crippen molar-refractivity contribution < 1.29 is 9.47 Å². The van der Waals surface area contributed by atoms with Gasteiger partial charge in [0.1, 0.15) is 12.4 Å². The summed E-state index contributed by atoms with van der Waals surface area (Å²) < 4.78 is 10.9. The highest BCUT2D eigenvalue weighted by Crippen LogP contribution is 2.20. The number of aliphatic imine (C=N–C) groups is 1. The lowest BCUT2D eigenvalue weighted by Gasteiger charge is -2.33. The van der Waals surface area contributed by atoms with Gasteiger partial charge in [-0.25, -0.2) is 0 Å². The lowest BCUT2D eigenvalue weighted by Crippen LogP contribution is -2.50. The van der Waals surface area contributed by atoms with Crippen LogP contribution in [0.25, 0.3) is 0 Å². The molecule has 2 N–H and O–H groups in total. The maximum atomic E-state index is 5.84. The lowest BCUT2D eigenvalue weighted by molar-refractivity contribution is 0.145. The van der Waals surface area contributed by atoms with E-state index in [1.54, 1.807) is 14.2 Å². The van der Waals surface area contributed by atoms with Crippen LogP contribution in [0.3, 0.4) is 0 Å². The highest BCUT2D eigenvalue weighted by atomic mass is 127. The van der Waals surface area contributed by atoms with Crippen molar-refractivity contribution >= 4 is 29.9 Å². The summed E-state index contributed by atoms with van der Waals surface area (Å²) in [7, 11) is 7.61. The number of ether oxygens (including phenoxy) is 2. The van der Waals surface area contributed by atoms with Gasteiger partial charge in [0, 0.05) is 38.3 Å². The molecule has 0 spiro atoms. The van der Waals surface area contributed by atoms with Gasteiger partial charge in [0.15, 0.2) is 5.96 Å². The van der Waals surface area contributed by atoms with E-state index < -0.39 is 0 Å². The molecule has 0 aliphatic heterocycles. The molecule has 0 saturated heterocycles. The van der Waals surface area contributed by atoms with Gasteiger partial charge >= 0.3 is 0 Å². The van der Waals surface area contributed by atoms with Crippen molar-refractivity contribution in [3.8, 4) is 5.75 Å². The molecule has 150 valence electrons. The Balaban J connectivity index is 0.00000625. The fourth-order valence-electron chi connectivity index (χ4n) is 2.03. The van der Waals surface area contributed by atoms with E-state index in [1.807, 2.05) is 0 Å². The van der Waals surface area contributed by atoms with E-state index in [1.165, 1.54) is 5.56 Å². The Labute approximate surface area is 175 Å². The average molecular weight is 478 g/mol. The van der Waals surface area contributed by atoms with Crippen molar-refractivity contribution in [2.24, 2.45) is 4.99 Å². The molecule has 6 nitrogen and oxygen atoms in total. The van der Waals surface area contributed by atoms with Gasteiger partial charge in [-0.2, -0.15) is 0 Å². The topological polar surface area (TPSA) is 58.1 Å². The minimum atomic E-state index is 0. The number of hydrogen-bond donors (Lipinski definition) is 2. The molecule has 1 aromatic rings. The lowest BCUT2D eigenvalue weighted by atomic mass is 10.0. The van der Waals surface area contributed by atoms with E-state index in [4.69, 9.17) is 9.47 Å². The second kappa shape index (κ2) is 12.3. The van der Waals surface area contributed by atoms with Crippen LogP contribution in [0.2, 0.25) is 0 Å². The highest BCUT2D eigenvalue weighted by molar-refractivity contribution is 14.0. The molecular formula is C19H35IN4O2. The maximum Gasteiger partial charge on any atom is 0.191 e.